The van der Waals surface area contributed by atoms with Crippen molar-refractivity contribution >= 4 is 17.2 Å². The first-order valence-electron chi connectivity index (χ1n) is 6.94. The Kier molecular flexibility index (Phi) is 5.58. The van der Waals surface area contributed by atoms with Crippen LogP contribution in [0.3, 0.4) is 0 Å². The average Bonchev–Trinajstić information content (AvgIpc) is 2.52. The molecule has 0 aromatic heterocycles. The van der Waals surface area contributed by atoms with Gasteiger partial charge in [-0.15, -0.1) is 0 Å². The fourth-order valence-electron chi connectivity index (χ4n) is 2.04. The molecule has 2 rings (SSSR count). The fraction of sp³-hybridized carbons (Fsp3) is 0.235. The highest BCUT2D eigenvalue weighted by Gasteiger charge is 2.05. The SMILES string of the molecule is CCc1ccccc1OCCOc1ccccc1C(N)=S. The lowest BCUT2D eigenvalue weighted by Crippen LogP contribution is -2.14. The van der Waals surface area contributed by atoms with Gasteiger partial charge in [-0.3, -0.25) is 0 Å². The molecule has 110 valence electrons. The van der Waals surface area contributed by atoms with E-state index in [9.17, 15) is 0 Å². The number of ether oxygens (including phenoxy) is 2. The first-order chi connectivity index (χ1) is 10.2. The molecule has 0 unspecified atom stereocenters. The molecule has 0 saturated carbocycles. The lowest BCUT2D eigenvalue weighted by atomic mass is 10.1. The summed E-state index contributed by atoms with van der Waals surface area (Å²) in [6, 6.07) is 15.5. The lowest BCUT2D eigenvalue weighted by molar-refractivity contribution is 0.216. The Morgan fingerprint density at radius 1 is 0.952 bits per heavy atom. The summed E-state index contributed by atoms with van der Waals surface area (Å²) in [5.41, 5.74) is 7.61. The smallest absolute Gasteiger partial charge is 0.129 e. The van der Waals surface area contributed by atoms with E-state index in [1.807, 2.05) is 42.5 Å². The van der Waals surface area contributed by atoms with Crippen LogP contribution in [-0.4, -0.2) is 18.2 Å². The second-order valence-electron chi connectivity index (χ2n) is 4.52. The molecule has 2 N–H and O–H groups in total. The van der Waals surface area contributed by atoms with Crippen LogP contribution in [0.2, 0.25) is 0 Å². The van der Waals surface area contributed by atoms with Gasteiger partial charge in [0.25, 0.3) is 0 Å². The van der Waals surface area contributed by atoms with Crippen LogP contribution < -0.4 is 15.2 Å². The van der Waals surface area contributed by atoms with E-state index >= 15 is 0 Å². The van der Waals surface area contributed by atoms with Crippen molar-refractivity contribution < 1.29 is 9.47 Å². The molecule has 0 saturated heterocycles. The molecule has 0 bridgehead atoms. The van der Waals surface area contributed by atoms with Crippen molar-refractivity contribution in [3.05, 3.63) is 59.7 Å². The van der Waals surface area contributed by atoms with Gasteiger partial charge in [-0.2, -0.15) is 0 Å². The summed E-state index contributed by atoms with van der Waals surface area (Å²) in [6.07, 6.45) is 0.946. The van der Waals surface area contributed by atoms with Crippen LogP contribution in [-0.2, 0) is 6.42 Å². The highest BCUT2D eigenvalue weighted by molar-refractivity contribution is 7.80. The van der Waals surface area contributed by atoms with Crippen molar-refractivity contribution in [3.8, 4) is 11.5 Å². The summed E-state index contributed by atoms with van der Waals surface area (Å²) in [5, 5.41) is 0. The summed E-state index contributed by atoms with van der Waals surface area (Å²) >= 11 is 5.00. The van der Waals surface area contributed by atoms with E-state index in [0.717, 1.165) is 17.7 Å². The van der Waals surface area contributed by atoms with E-state index in [-0.39, 0.29) is 0 Å². The summed E-state index contributed by atoms with van der Waals surface area (Å²) < 4.78 is 11.5. The number of hydrogen-bond donors (Lipinski definition) is 1. The molecule has 0 amide bonds. The number of nitrogens with two attached hydrogens (primary N) is 1. The van der Waals surface area contributed by atoms with Gasteiger partial charge in [0.15, 0.2) is 0 Å². The van der Waals surface area contributed by atoms with Crippen LogP contribution in [0.25, 0.3) is 0 Å². The minimum Gasteiger partial charge on any atom is -0.490 e. The van der Waals surface area contributed by atoms with E-state index in [4.69, 9.17) is 27.4 Å². The summed E-state index contributed by atoms with van der Waals surface area (Å²) in [6.45, 7) is 3.03. The zero-order chi connectivity index (χ0) is 15.1. The van der Waals surface area contributed by atoms with Gasteiger partial charge >= 0.3 is 0 Å². The highest BCUT2D eigenvalue weighted by atomic mass is 32.1. The van der Waals surface area contributed by atoms with Gasteiger partial charge in [-0.05, 0) is 30.2 Å². The second-order valence-corrected chi connectivity index (χ2v) is 4.96. The van der Waals surface area contributed by atoms with Gasteiger partial charge in [0.05, 0.1) is 5.56 Å². The minimum atomic E-state index is 0.336. The summed E-state index contributed by atoms with van der Waals surface area (Å²) in [5.74, 6) is 1.60. The van der Waals surface area contributed by atoms with E-state index in [0.29, 0.717) is 24.0 Å². The Bertz CT molecular complexity index is 613. The van der Waals surface area contributed by atoms with Crippen LogP contribution in [0.5, 0.6) is 11.5 Å². The monoisotopic (exact) mass is 301 g/mol. The third-order valence-electron chi connectivity index (χ3n) is 3.10. The third kappa shape index (κ3) is 4.20. The van der Waals surface area contributed by atoms with Crippen LogP contribution in [0.4, 0.5) is 0 Å². The molecule has 21 heavy (non-hydrogen) atoms. The topological polar surface area (TPSA) is 44.5 Å². The summed E-state index contributed by atoms with van der Waals surface area (Å²) in [7, 11) is 0. The predicted octanol–water partition coefficient (Wildman–Crippen LogP) is 3.34. The molecule has 0 spiro atoms. The van der Waals surface area contributed by atoms with Gasteiger partial charge in [0.2, 0.25) is 0 Å². The Morgan fingerprint density at radius 2 is 1.52 bits per heavy atom. The van der Waals surface area contributed by atoms with Crippen molar-refractivity contribution in [3.63, 3.8) is 0 Å². The van der Waals surface area contributed by atoms with Crippen molar-refractivity contribution in [2.24, 2.45) is 5.73 Å². The van der Waals surface area contributed by atoms with Crippen LogP contribution in [0, 0.1) is 0 Å². The Morgan fingerprint density at radius 3 is 2.19 bits per heavy atom. The molecule has 4 heteroatoms. The van der Waals surface area contributed by atoms with Gasteiger partial charge in [-0.25, -0.2) is 0 Å². The normalized spacial score (nSPS) is 10.1. The first-order valence-corrected chi connectivity index (χ1v) is 7.35. The molecular weight excluding hydrogens is 282 g/mol. The van der Waals surface area contributed by atoms with Crippen molar-refractivity contribution in [1.82, 2.24) is 0 Å². The van der Waals surface area contributed by atoms with E-state index in [1.54, 1.807) is 0 Å². The molecule has 3 nitrogen and oxygen atoms in total. The maximum absolute atomic E-state index is 5.76. The zero-order valence-electron chi connectivity index (χ0n) is 12.0. The number of thiocarbonyl (C=S) groups is 1. The Labute approximate surface area is 130 Å². The molecule has 2 aromatic rings. The maximum Gasteiger partial charge on any atom is 0.129 e. The standard InChI is InChI=1S/C17H19NO2S/c1-2-13-7-3-5-9-15(13)19-11-12-20-16-10-6-4-8-14(16)17(18)21/h3-10H,2,11-12H2,1H3,(H2,18,21). The predicted molar refractivity (Wildman–Crippen MR) is 89.1 cm³/mol. The number of benzene rings is 2. The minimum absolute atomic E-state index is 0.336. The number of para-hydroxylation sites is 2. The number of hydrogen-bond acceptors (Lipinski definition) is 3. The Hall–Kier alpha value is -2.07. The maximum atomic E-state index is 5.76. The molecule has 0 aliphatic carbocycles. The van der Waals surface area contributed by atoms with E-state index < -0.39 is 0 Å². The number of aryl methyl sites for hydroxylation is 1. The molecule has 2 aromatic carbocycles. The van der Waals surface area contributed by atoms with Crippen molar-refractivity contribution in [1.29, 1.82) is 0 Å². The average molecular weight is 301 g/mol. The molecule has 0 fully saturated rings. The number of rotatable bonds is 7. The summed E-state index contributed by atoms with van der Waals surface area (Å²) in [4.78, 5) is 0.336. The Balaban J connectivity index is 1.89. The highest BCUT2D eigenvalue weighted by Crippen LogP contribution is 2.19. The lowest BCUT2D eigenvalue weighted by Gasteiger charge is -2.13. The van der Waals surface area contributed by atoms with E-state index in [2.05, 4.69) is 13.0 Å². The first kappa shape index (κ1) is 15.3. The zero-order valence-corrected chi connectivity index (χ0v) is 12.9. The molecule has 0 heterocycles. The quantitative estimate of drug-likeness (QED) is 0.629. The molecular formula is C17H19NO2S. The van der Waals surface area contributed by atoms with Crippen molar-refractivity contribution in [2.45, 2.75) is 13.3 Å². The molecule has 0 radical (unpaired) electrons. The van der Waals surface area contributed by atoms with E-state index in [1.165, 1.54) is 5.56 Å². The largest absolute Gasteiger partial charge is 0.490 e. The van der Waals surface area contributed by atoms with Crippen LogP contribution in [0.15, 0.2) is 48.5 Å². The molecule has 0 aliphatic rings. The van der Waals surface area contributed by atoms with Gasteiger partial charge in [0.1, 0.15) is 29.7 Å². The van der Waals surface area contributed by atoms with Crippen LogP contribution >= 0.6 is 12.2 Å². The third-order valence-corrected chi connectivity index (χ3v) is 3.32. The van der Waals surface area contributed by atoms with Gasteiger partial charge < -0.3 is 15.2 Å². The van der Waals surface area contributed by atoms with Crippen molar-refractivity contribution in [2.75, 3.05) is 13.2 Å². The second kappa shape index (κ2) is 7.64. The fourth-order valence-corrected chi connectivity index (χ4v) is 2.20. The molecule has 0 atom stereocenters. The van der Waals surface area contributed by atoms with Crippen LogP contribution in [0.1, 0.15) is 18.1 Å². The van der Waals surface area contributed by atoms with Gasteiger partial charge in [-0.1, -0.05) is 49.5 Å². The van der Waals surface area contributed by atoms with Gasteiger partial charge in [0, 0.05) is 0 Å². The molecule has 0 aliphatic heterocycles.